The van der Waals surface area contributed by atoms with Crippen LogP contribution in [0.15, 0.2) is 0 Å². The molecule has 0 aromatic rings. The third-order valence-corrected chi connectivity index (χ3v) is 18.5. The lowest BCUT2D eigenvalue weighted by Crippen LogP contribution is -2.30. The summed E-state index contributed by atoms with van der Waals surface area (Å²) in [6, 6.07) is 0. The average molecular weight is 1300 g/mol. The van der Waals surface area contributed by atoms with Gasteiger partial charge in [-0.05, 0) is 43.4 Å². The zero-order chi connectivity index (χ0) is 65.2. The fraction of sp³-hybridized carbons (Fsp3) is 0.942. The fourth-order valence-electron chi connectivity index (χ4n) is 10.3. The number of ether oxygens (including phenoxy) is 4. The lowest BCUT2D eigenvalue weighted by molar-refractivity contribution is -0.161. The van der Waals surface area contributed by atoms with Crippen molar-refractivity contribution < 1.29 is 80.2 Å². The van der Waals surface area contributed by atoms with Crippen LogP contribution in [0.1, 0.15) is 344 Å². The van der Waals surface area contributed by atoms with Crippen molar-refractivity contribution in [2.45, 2.75) is 362 Å². The number of rotatable bonds is 67. The second kappa shape index (κ2) is 60.0. The molecule has 0 aliphatic rings. The van der Waals surface area contributed by atoms with E-state index in [0.29, 0.717) is 25.7 Å². The highest BCUT2D eigenvalue weighted by atomic mass is 31.2. The highest BCUT2D eigenvalue weighted by molar-refractivity contribution is 7.47. The molecule has 4 unspecified atom stereocenters. The van der Waals surface area contributed by atoms with Crippen LogP contribution >= 0.6 is 15.6 Å². The van der Waals surface area contributed by atoms with Crippen LogP contribution in [0.2, 0.25) is 0 Å². The van der Waals surface area contributed by atoms with Crippen LogP contribution in [0.4, 0.5) is 0 Å². The molecule has 0 aromatic carbocycles. The van der Waals surface area contributed by atoms with E-state index in [1.54, 1.807) is 0 Å². The first kappa shape index (κ1) is 86.1. The van der Waals surface area contributed by atoms with Crippen LogP contribution in [-0.2, 0) is 65.4 Å². The highest BCUT2D eigenvalue weighted by Crippen LogP contribution is 2.45. The second-order valence-electron chi connectivity index (χ2n) is 25.9. The zero-order valence-electron chi connectivity index (χ0n) is 57.2. The molecule has 0 radical (unpaired) electrons. The average Bonchev–Trinajstić information content (AvgIpc) is 3.60. The van der Waals surface area contributed by atoms with Crippen molar-refractivity contribution in [3.63, 3.8) is 0 Å². The molecule has 0 aromatic heterocycles. The Labute approximate surface area is 537 Å². The second-order valence-corrected chi connectivity index (χ2v) is 28.8. The summed E-state index contributed by atoms with van der Waals surface area (Å²) >= 11 is 0. The molecule has 3 N–H and O–H groups in total. The van der Waals surface area contributed by atoms with E-state index in [9.17, 15) is 43.2 Å². The van der Waals surface area contributed by atoms with E-state index in [-0.39, 0.29) is 25.7 Å². The molecule has 7 atom stereocenters. The molecular weight excluding hydrogens is 1160 g/mol. The molecule has 0 rings (SSSR count). The van der Waals surface area contributed by atoms with Crippen molar-refractivity contribution in [3.8, 4) is 0 Å². The molecule has 19 heteroatoms. The van der Waals surface area contributed by atoms with E-state index >= 15 is 0 Å². The van der Waals surface area contributed by atoms with Gasteiger partial charge in [-0.2, -0.15) is 0 Å². The molecule has 0 aliphatic heterocycles. The fourth-order valence-corrected chi connectivity index (χ4v) is 11.9. The Hall–Kier alpha value is -1.94. The summed E-state index contributed by atoms with van der Waals surface area (Å²) in [5.74, 6) is 0.172. The van der Waals surface area contributed by atoms with Gasteiger partial charge in [0.05, 0.1) is 26.4 Å². The van der Waals surface area contributed by atoms with Crippen LogP contribution in [0.25, 0.3) is 0 Å². The third kappa shape index (κ3) is 60.3. The summed E-state index contributed by atoms with van der Waals surface area (Å²) < 4.78 is 68.1. The Balaban J connectivity index is 5.18. The van der Waals surface area contributed by atoms with Crippen LogP contribution in [0, 0.1) is 17.8 Å². The number of carbonyl (C=O) groups is 4. The molecule has 88 heavy (non-hydrogen) atoms. The van der Waals surface area contributed by atoms with Gasteiger partial charge in [-0.3, -0.25) is 37.3 Å². The number of carbonyl (C=O) groups excluding carboxylic acids is 4. The van der Waals surface area contributed by atoms with E-state index in [1.807, 2.05) is 0 Å². The van der Waals surface area contributed by atoms with Crippen molar-refractivity contribution >= 4 is 39.5 Å². The van der Waals surface area contributed by atoms with Gasteiger partial charge in [0.25, 0.3) is 0 Å². The molecule has 0 bridgehead atoms. The van der Waals surface area contributed by atoms with Gasteiger partial charge >= 0.3 is 39.5 Å². The van der Waals surface area contributed by atoms with Crippen molar-refractivity contribution in [1.82, 2.24) is 0 Å². The maximum Gasteiger partial charge on any atom is 0.472 e. The predicted octanol–water partition coefficient (Wildman–Crippen LogP) is 19.5. The Morgan fingerprint density at radius 1 is 0.330 bits per heavy atom. The Bertz CT molecular complexity index is 1740. The molecule has 522 valence electrons. The van der Waals surface area contributed by atoms with Crippen LogP contribution in [0.3, 0.4) is 0 Å². The summed E-state index contributed by atoms with van der Waals surface area (Å²) in [4.78, 5) is 72.3. The molecule has 0 aliphatic carbocycles. The predicted molar refractivity (Wildman–Crippen MR) is 354 cm³/mol. The highest BCUT2D eigenvalue weighted by Gasteiger charge is 2.30. The number of phosphoric ester groups is 2. The number of esters is 4. The smallest absolute Gasteiger partial charge is 0.462 e. The van der Waals surface area contributed by atoms with Gasteiger partial charge in [0.2, 0.25) is 0 Å². The largest absolute Gasteiger partial charge is 0.472 e. The Morgan fingerprint density at radius 3 is 0.864 bits per heavy atom. The Kier molecular flexibility index (Phi) is 58.7. The normalized spacial score (nSPS) is 14.9. The summed E-state index contributed by atoms with van der Waals surface area (Å²) in [5.41, 5.74) is 0. The van der Waals surface area contributed by atoms with Crippen molar-refractivity contribution in [3.05, 3.63) is 0 Å². The number of hydrogen-bond acceptors (Lipinski definition) is 15. The first-order chi connectivity index (χ1) is 42.3. The van der Waals surface area contributed by atoms with E-state index in [2.05, 4.69) is 48.5 Å². The number of aliphatic hydroxyl groups excluding tert-OH is 1. The minimum atomic E-state index is -4.95. The van der Waals surface area contributed by atoms with Crippen molar-refractivity contribution in [2.75, 3.05) is 39.6 Å². The molecule has 0 amide bonds. The molecular formula is C69H134O17P2. The van der Waals surface area contributed by atoms with E-state index in [1.165, 1.54) is 141 Å². The quantitative estimate of drug-likeness (QED) is 0.0222. The SMILES string of the molecule is CCCCCCCCCC(=O)OC[C@H](COP(=O)(O)OC[C@H](O)COP(=O)(O)OC[C@@H](COC(=O)CCCCCCCCCCC(C)CC)OC(=O)CCCCCCCCCCCCCCCCCCC(C)C)OC(=O)CCCCCCCCC(C)CC. The van der Waals surface area contributed by atoms with Crippen LogP contribution in [0.5, 0.6) is 0 Å². The standard InChI is InChI=1S/C69H134O17P2/c1-8-11-12-13-26-36-43-50-66(71)79-56-65(86-69(74)53-46-39-32-31-35-42-49-62(7)10-3)59-84-88(77,78)82-55-63(70)54-81-87(75,76)83-58-64(57-80-67(72)51-44-37-29-25-24-28-34-41-48-61(6)9-2)85-68(73)52-45-38-30-23-21-19-17-15-14-16-18-20-22-27-33-40-47-60(4)5/h60-65,70H,8-59H2,1-7H3,(H,75,76)(H,77,78)/t61?,62?,63-,64-,65-/m1/s1. The first-order valence-electron chi connectivity index (χ1n) is 35.9. The topological polar surface area (TPSA) is 237 Å². The van der Waals surface area contributed by atoms with Gasteiger partial charge in [0.1, 0.15) is 19.3 Å². The number of hydrogen-bond donors (Lipinski definition) is 3. The molecule has 0 spiro atoms. The van der Waals surface area contributed by atoms with Crippen molar-refractivity contribution in [2.24, 2.45) is 17.8 Å². The summed E-state index contributed by atoms with van der Waals surface area (Å²) in [6.45, 7) is 11.8. The molecule has 0 saturated carbocycles. The lowest BCUT2D eigenvalue weighted by Gasteiger charge is -2.21. The van der Waals surface area contributed by atoms with Gasteiger partial charge in [-0.1, -0.05) is 292 Å². The number of aliphatic hydroxyl groups is 1. The van der Waals surface area contributed by atoms with Gasteiger partial charge < -0.3 is 33.8 Å². The number of phosphoric acid groups is 2. The zero-order valence-corrected chi connectivity index (χ0v) is 59.0. The summed E-state index contributed by atoms with van der Waals surface area (Å²) in [7, 11) is -9.89. The monoisotopic (exact) mass is 1300 g/mol. The van der Waals surface area contributed by atoms with Crippen molar-refractivity contribution in [1.29, 1.82) is 0 Å². The van der Waals surface area contributed by atoms with Gasteiger partial charge in [0.15, 0.2) is 12.2 Å². The molecule has 17 nitrogen and oxygen atoms in total. The summed E-state index contributed by atoms with van der Waals surface area (Å²) in [5, 5.41) is 10.6. The van der Waals surface area contributed by atoms with E-state index in [4.69, 9.17) is 37.0 Å². The maximum atomic E-state index is 13.0. The van der Waals surface area contributed by atoms with E-state index < -0.39 is 97.5 Å². The molecule has 0 heterocycles. The Morgan fingerprint density at radius 2 is 0.580 bits per heavy atom. The minimum Gasteiger partial charge on any atom is -0.462 e. The molecule has 0 saturated heterocycles. The first-order valence-corrected chi connectivity index (χ1v) is 38.9. The van der Waals surface area contributed by atoms with Crippen LogP contribution < -0.4 is 0 Å². The van der Waals surface area contributed by atoms with Gasteiger partial charge in [-0.15, -0.1) is 0 Å². The third-order valence-electron chi connectivity index (χ3n) is 16.6. The minimum absolute atomic E-state index is 0.102. The van der Waals surface area contributed by atoms with Crippen LogP contribution in [-0.4, -0.2) is 96.7 Å². The number of unbranched alkanes of at least 4 members (excludes halogenated alkanes) is 33. The summed E-state index contributed by atoms with van der Waals surface area (Å²) in [6.07, 6.45) is 43.2. The van der Waals surface area contributed by atoms with Gasteiger partial charge in [0, 0.05) is 25.7 Å². The maximum absolute atomic E-state index is 13.0. The molecule has 0 fully saturated rings. The van der Waals surface area contributed by atoms with Gasteiger partial charge in [-0.25, -0.2) is 9.13 Å². The lowest BCUT2D eigenvalue weighted by atomic mass is 9.99. The van der Waals surface area contributed by atoms with E-state index in [0.717, 1.165) is 120 Å².